The normalized spacial score (nSPS) is 10.1. The lowest BCUT2D eigenvalue weighted by Gasteiger charge is -2.05. The van der Waals surface area contributed by atoms with Crippen molar-refractivity contribution < 1.29 is 14.6 Å². The number of carbonyl (C=O) groups is 1. The maximum Gasteiger partial charge on any atom is 0.376 e. The summed E-state index contributed by atoms with van der Waals surface area (Å²) in [6, 6.07) is 0. The average molecular weight is 182 g/mol. The maximum atomic E-state index is 11.1. The van der Waals surface area contributed by atoms with Gasteiger partial charge >= 0.3 is 5.97 Å². The van der Waals surface area contributed by atoms with Crippen LogP contribution in [0.15, 0.2) is 12.4 Å². The number of rotatable bonds is 2. The van der Waals surface area contributed by atoms with Gasteiger partial charge in [0, 0.05) is 0 Å². The van der Waals surface area contributed by atoms with Crippen molar-refractivity contribution in [2.24, 2.45) is 0 Å². The fraction of sp³-hybridized carbons (Fsp3) is 0.375. The molecule has 1 N–H and O–H groups in total. The molecule has 1 aromatic heterocycles. The van der Waals surface area contributed by atoms with Crippen LogP contribution in [-0.2, 0) is 4.74 Å². The molecule has 13 heavy (non-hydrogen) atoms. The molecule has 0 aromatic carbocycles. The standard InChI is InChI=1S/C8H10N2O3/c1-5(2)13-8(12)7-9-3-6(11)4-10-7/h3-5,11H,1-2H3. The Kier molecular flexibility index (Phi) is 2.79. The lowest BCUT2D eigenvalue weighted by Crippen LogP contribution is -2.14. The summed E-state index contributed by atoms with van der Waals surface area (Å²) in [5.41, 5.74) is 0. The van der Waals surface area contributed by atoms with E-state index in [0.717, 1.165) is 12.4 Å². The number of hydrogen-bond donors (Lipinski definition) is 1. The summed E-state index contributed by atoms with van der Waals surface area (Å²) >= 11 is 0. The second kappa shape index (κ2) is 3.84. The van der Waals surface area contributed by atoms with E-state index >= 15 is 0 Å². The highest BCUT2D eigenvalue weighted by atomic mass is 16.5. The summed E-state index contributed by atoms with van der Waals surface area (Å²) in [7, 11) is 0. The first-order valence-electron chi connectivity index (χ1n) is 3.81. The highest BCUT2D eigenvalue weighted by Crippen LogP contribution is 2.03. The van der Waals surface area contributed by atoms with Crippen LogP contribution in [0, 0.1) is 0 Å². The van der Waals surface area contributed by atoms with Gasteiger partial charge in [0.2, 0.25) is 5.82 Å². The Morgan fingerprint density at radius 2 is 2.00 bits per heavy atom. The van der Waals surface area contributed by atoms with E-state index in [0.29, 0.717) is 0 Å². The fourth-order valence-electron chi connectivity index (χ4n) is 0.693. The third-order valence-electron chi connectivity index (χ3n) is 1.16. The molecule has 0 radical (unpaired) electrons. The maximum absolute atomic E-state index is 11.1. The molecule has 0 aliphatic carbocycles. The van der Waals surface area contributed by atoms with Gasteiger partial charge in [0.1, 0.15) is 0 Å². The zero-order valence-electron chi connectivity index (χ0n) is 7.39. The third-order valence-corrected chi connectivity index (χ3v) is 1.16. The van der Waals surface area contributed by atoms with Gasteiger partial charge in [0.05, 0.1) is 18.5 Å². The van der Waals surface area contributed by atoms with Gasteiger partial charge in [-0.15, -0.1) is 0 Å². The molecule has 1 heterocycles. The number of aromatic hydroxyl groups is 1. The molecule has 0 aliphatic rings. The molecule has 0 amide bonds. The second-order valence-corrected chi connectivity index (χ2v) is 2.72. The molecular formula is C8H10N2O3. The van der Waals surface area contributed by atoms with Crippen molar-refractivity contribution in [1.29, 1.82) is 0 Å². The Balaban J connectivity index is 2.72. The van der Waals surface area contributed by atoms with Crippen LogP contribution in [0.3, 0.4) is 0 Å². The highest BCUT2D eigenvalue weighted by molar-refractivity contribution is 5.85. The number of carbonyl (C=O) groups excluding carboxylic acids is 1. The molecule has 0 atom stereocenters. The van der Waals surface area contributed by atoms with Crippen LogP contribution in [0.2, 0.25) is 0 Å². The molecule has 0 aliphatic heterocycles. The molecule has 0 saturated carbocycles. The van der Waals surface area contributed by atoms with Crippen molar-refractivity contribution in [2.75, 3.05) is 0 Å². The van der Waals surface area contributed by atoms with Gasteiger partial charge in [-0.2, -0.15) is 0 Å². The fourth-order valence-corrected chi connectivity index (χ4v) is 0.693. The Labute approximate surface area is 75.4 Å². The first kappa shape index (κ1) is 9.44. The summed E-state index contributed by atoms with van der Waals surface area (Å²) in [4.78, 5) is 18.3. The van der Waals surface area contributed by atoms with Crippen LogP contribution < -0.4 is 0 Å². The van der Waals surface area contributed by atoms with Gasteiger partial charge in [-0.05, 0) is 13.8 Å². The van der Waals surface area contributed by atoms with Gasteiger partial charge in [-0.1, -0.05) is 0 Å². The molecule has 0 unspecified atom stereocenters. The lowest BCUT2D eigenvalue weighted by atomic mass is 10.4. The van der Waals surface area contributed by atoms with Crippen molar-refractivity contribution in [3.63, 3.8) is 0 Å². The molecule has 5 heteroatoms. The summed E-state index contributed by atoms with van der Waals surface area (Å²) < 4.78 is 4.83. The first-order valence-corrected chi connectivity index (χ1v) is 3.81. The molecule has 1 rings (SSSR count). The number of ether oxygens (including phenoxy) is 1. The summed E-state index contributed by atoms with van der Waals surface area (Å²) in [5, 5.41) is 8.84. The minimum absolute atomic E-state index is 0.0495. The quantitative estimate of drug-likeness (QED) is 0.683. The molecule has 0 fully saturated rings. The highest BCUT2D eigenvalue weighted by Gasteiger charge is 2.11. The van der Waals surface area contributed by atoms with E-state index in [9.17, 15) is 4.79 Å². The molecule has 0 bridgehead atoms. The summed E-state index contributed by atoms with van der Waals surface area (Å²) in [6.07, 6.45) is 2.08. The van der Waals surface area contributed by atoms with Crippen molar-refractivity contribution in [3.8, 4) is 5.75 Å². The zero-order chi connectivity index (χ0) is 9.84. The van der Waals surface area contributed by atoms with Crippen LogP contribution in [0.4, 0.5) is 0 Å². The molecule has 0 saturated heterocycles. The molecule has 1 aromatic rings. The predicted octanol–water partition coefficient (Wildman–Crippen LogP) is 0.747. The number of esters is 1. The largest absolute Gasteiger partial charge is 0.505 e. The minimum Gasteiger partial charge on any atom is -0.505 e. The van der Waals surface area contributed by atoms with Gasteiger partial charge in [0.25, 0.3) is 0 Å². The average Bonchev–Trinajstić information content (AvgIpc) is 2.04. The van der Waals surface area contributed by atoms with E-state index in [2.05, 4.69) is 9.97 Å². The first-order chi connectivity index (χ1) is 6.09. The van der Waals surface area contributed by atoms with Gasteiger partial charge in [0.15, 0.2) is 5.75 Å². The van der Waals surface area contributed by atoms with Crippen molar-refractivity contribution in [2.45, 2.75) is 20.0 Å². The Morgan fingerprint density at radius 1 is 1.46 bits per heavy atom. The van der Waals surface area contributed by atoms with Crippen LogP contribution in [-0.4, -0.2) is 27.1 Å². The van der Waals surface area contributed by atoms with Crippen molar-refractivity contribution in [1.82, 2.24) is 9.97 Å². The Hall–Kier alpha value is -1.65. The SMILES string of the molecule is CC(C)OC(=O)c1ncc(O)cn1. The van der Waals surface area contributed by atoms with Crippen LogP contribution in [0.1, 0.15) is 24.5 Å². The van der Waals surface area contributed by atoms with Gasteiger partial charge in [-0.3, -0.25) is 0 Å². The topological polar surface area (TPSA) is 72.3 Å². The molecular weight excluding hydrogens is 172 g/mol. The van der Waals surface area contributed by atoms with Gasteiger partial charge in [-0.25, -0.2) is 14.8 Å². The second-order valence-electron chi connectivity index (χ2n) is 2.72. The van der Waals surface area contributed by atoms with E-state index in [-0.39, 0.29) is 17.7 Å². The molecule has 70 valence electrons. The Bertz CT molecular complexity index is 295. The van der Waals surface area contributed by atoms with E-state index in [1.807, 2.05) is 0 Å². The van der Waals surface area contributed by atoms with Crippen LogP contribution in [0.5, 0.6) is 5.75 Å². The lowest BCUT2D eigenvalue weighted by molar-refractivity contribution is 0.0363. The molecule has 5 nitrogen and oxygen atoms in total. The summed E-state index contributed by atoms with van der Waals surface area (Å²) in [6.45, 7) is 3.47. The predicted molar refractivity (Wildman–Crippen MR) is 44.2 cm³/mol. The van der Waals surface area contributed by atoms with Crippen LogP contribution >= 0.6 is 0 Å². The van der Waals surface area contributed by atoms with E-state index < -0.39 is 5.97 Å². The Morgan fingerprint density at radius 3 is 2.46 bits per heavy atom. The number of aromatic nitrogens is 2. The van der Waals surface area contributed by atoms with E-state index in [1.165, 1.54) is 0 Å². The van der Waals surface area contributed by atoms with Gasteiger partial charge < -0.3 is 9.84 Å². The van der Waals surface area contributed by atoms with Crippen LogP contribution in [0.25, 0.3) is 0 Å². The van der Waals surface area contributed by atoms with E-state index in [4.69, 9.17) is 9.84 Å². The third kappa shape index (κ3) is 2.70. The van der Waals surface area contributed by atoms with Crippen molar-refractivity contribution >= 4 is 5.97 Å². The van der Waals surface area contributed by atoms with E-state index in [1.54, 1.807) is 13.8 Å². The minimum atomic E-state index is -0.588. The summed E-state index contributed by atoms with van der Waals surface area (Å²) in [5.74, 6) is -0.720. The monoisotopic (exact) mass is 182 g/mol. The van der Waals surface area contributed by atoms with Crippen molar-refractivity contribution in [3.05, 3.63) is 18.2 Å². The number of nitrogens with zero attached hydrogens (tertiary/aromatic N) is 2. The zero-order valence-corrected chi connectivity index (χ0v) is 7.39. The number of hydrogen-bond acceptors (Lipinski definition) is 5. The molecule has 0 spiro atoms. The smallest absolute Gasteiger partial charge is 0.376 e.